The van der Waals surface area contributed by atoms with Gasteiger partial charge < -0.3 is 14.2 Å². The van der Waals surface area contributed by atoms with Gasteiger partial charge in [0, 0.05) is 19.3 Å². The summed E-state index contributed by atoms with van der Waals surface area (Å²) in [6.45, 7) is 6.43. The Morgan fingerprint density at radius 1 is 0.333 bits per heavy atom. The lowest BCUT2D eigenvalue weighted by Crippen LogP contribution is -2.30. The van der Waals surface area contributed by atoms with Crippen LogP contribution in [0.5, 0.6) is 0 Å². The highest BCUT2D eigenvalue weighted by Crippen LogP contribution is 2.15. The second-order valence-electron chi connectivity index (χ2n) is 17.4. The number of allylic oxidation sites excluding steroid dienone is 12. The normalized spacial score (nSPS) is 12.6. The maximum absolute atomic E-state index is 12.7. The molecule has 6 nitrogen and oxygen atoms in total. The molecule has 0 fully saturated rings. The lowest BCUT2D eigenvalue weighted by Gasteiger charge is -2.18. The molecule has 0 spiro atoms. The predicted molar refractivity (Wildman–Crippen MR) is 270 cm³/mol. The van der Waals surface area contributed by atoms with Crippen LogP contribution in [0.15, 0.2) is 72.9 Å². The van der Waals surface area contributed by atoms with E-state index in [0.717, 1.165) is 103 Å². The molecule has 0 rings (SSSR count). The molecule has 0 amide bonds. The van der Waals surface area contributed by atoms with Gasteiger partial charge in [-0.15, -0.1) is 0 Å². The van der Waals surface area contributed by atoms with Gasteiger partial charge in [-0.3, -0.25) is 14.4 Å². The Balaban J connectivity index is 4.11. The number of hydrogen-bond acceptors (Lipinski definition) is 6. The van der Waals surface area contributed by atoms with Crippen molar-refractivity contribution in [2.24, 2.45) is 0 Å². The summed E-state index contributed by atoms with van der Waals surface area (Å²) in [4.78, 5) is 37.7. The maximum atomic E-state index is 12.7. The molecular weight excluding hydrogens is 781 g/mol. The van der Waals surface area contributed by atoms with Crippen LogP contribution in [0.4, 0.5) is 0 Å². The van der Waals surface area contributed by atoms with Gasteiger partial charge in [-0.2, -0.15) is 0 Å². The van der Waals surface area contributed by atoms with Crippen molar-refractivity contribution in [1.82, 2.24) is 0 Å². The molecule has 1 atom stereocenters. The minimum absolute atomic E-state index is 0.0781. The van der Waals surface area contributed by atoms with Gasteiger partial charge in [0.2, 0.25) is 0 Å². The molecule has 0 aliphatic heterocycles. The summed E-state index contributed by atoms with van der Waals surface area (Å²) in [6, 6.07) is 0. The zero-order chi connectivity index (χ0) is 45.8. The summed E-state index contributed by atoms with van der Waals surface area (Å²) in [6.07, 6.45) is 64.9. The third-order valence-corrected chi connectivity index (χ3v) is 11.2. The van der Waals surface area contributed by atoms with Crippen molar-refractivity contribution in [3.05, 3.63) is 72.9 Å². The zero-order valence-electron chi connectivity index (χ0n) is 41.3. The minimum atomic E-state index is -0.775. The molecule has 0 aromatic rings. The Bertz CT molecular complexity index is 1190. The summed E-state index contributed by atoms with van der Waals surface area (Å²) in [5.74, 6) is -0.897. The number of carbonyl (C=O) groups is 3. The smallest absolute Gasteiger partial charge is 0.306 e. The molecule has 0 aromatic carbocycles. The fraction of sp³-hybridized carbons (Fsp3) is 0.737. The first-order valence-corrected chi connectivity index (χ1v) is 26.4. The third kappa shape index (κ3) is 49.7. The van der Waals surface area contributed by atoms with Crippen molar-refractivity contribution in [2.45, 2.75) is 258 Å². The highest BCUT2D eigenvalue weighted by Gasteiger charge is 2.19. The first-order valence-electron chi connectivity index (χ1n) is 26.4. The second kappa shape index (κ2) is 51.5. The number of rotatable bonds is 47. The van der Waals surface area contributed by atoms with Gasteiger partial charge in [0.25, 0.3) is 0 Å². The van der Waals surface area contributed by atoms with Gasteiger partial charge in [-0.1, -0.05) is 222 Å². The summed E-state index contributed by atoms with van der Waals surface area (Å²) < 4.78 is 16.7. The molecule has 0 aliphatic rings. The van der Waals surface area contributed by atoms with Gasteiger partial charge in [0.1, 0.15) is 13.2 Å². The molecule has 0 aliphatic carbocycles. The predicted octanol–water partition coefficient (Wildman–Crippen LogP) is 17.4. The SMILES string of the molecule is CC/C=C\C/C=C\C/C=C\C/C=C\C/C=C\CCCCCCCCCCCCCC(=O)OCC(COC(=O)CCCCCCCCC)OC(=O)CCCCCCC/C=C\CCCC. The van der Waals surface area contributed by atoms with Crippen molar-refractivity contribution >= 4 is 17.9 Å². The summed E-state index contributed by atoms with van der Waals surface area (Å²) >= 11 is 0. The van der Waals surface area contributed by atoms with E-state index in [1.54, 1.807) is 0 Å². The van der Waals surface area contributed by atoms with Gasteiger partial charge in [-0.05, 0) is 83.5 Å². The summed E-state index contributed by atoms with van der Waals surface area (Å²) in [7, 11) is 0. The molecule has 1 unspecified atom stereocenters. The molecule has 0 saturated carbocycles. The average Bonchev–Trinajstić information content (AvgIpc) is 3.28. The minimum Gasteiger partial charge on any atom is -0.462 e. The number of unbranched alkanes of at least 4 members (excludes halogenated alkanes) is 24. The Kier molecular flexibility index (Phi) is 48.9. The van der Waals surface area contributed by atoms with Gasteiger partial charge >= 0.3 is 17.9 Å². The van der Waals surface area contributed by atoms with Crippen molar-refractivity contribution in [1.29, 1.82) is 0 Å². The zero-order valence-corrected chi connectivity index (χ0v) is 41.3. The molecule has 63 heavy (non-hydrogen) atoms. The number of hydrogen-bond donors (Lipinski definition) is 0. The summed E-state index contributed by atoms with van der Waals surface area (Å²) in [5, 5.41) is 0. The molecular formula is C57H98O6. The fourth-order valence-electron chi connectivity index (χ4n) is 7.21. The van der Waals surface area contributed by atoms with Crippen LogP contribution >= 0.6 is 0 Å². The Labute approximate surface area is 389 Å². The van der Waals surface area contributed by atoms with E-state index in [4.69, 9.17) is 14.2 Å². The first-order chi connectivity index (χ1) is 31.0. The van der Waals surface area contributed by atoms with Gasteiger partial charge in [-0.25, -0.2) is 0 Å². The fourth-order valence-corrected chi connectivity index (χ4v) is 7.21. The van der Waals surface area contributed by atoms with E-state index in [0.29, 0.717) is 19.3 Å². The molecule has 0 aromatic heterocycles. The third-order valence-electron chi connectivity index (χ3n) is 11.2. The van der Waals surface area contributed by atoms with E-state index in [1.807, 2.05) is 0 Å². The van der Waals surface area contributed by atoms with Crippen LogP contribution in [0.1, 0.15) is 252 Å². The topological polar surface area (TPSA) is 78.9 Å². The highest BCUT2D eigenvalue weighted by molar-refractivity contribution is 5.71. The molecule has 0 bridgehead atoms. The highest BCUT2D eigenvalue weighted by atomic mass is 16.6. The Morgan fingerprint density at radius 2 is 0.635 bits per heavy atom. The molecule has 0 N–H and O–H groups in total. The van der Waals surface area contributed by atoms with Crippen LogP contribution in [0.2, 0.25) is 0 Å². The number of ether oxygens (including phenoxy) is 3. The largest absolute Gasteiger partial charge is 0.462 e. The van der Waals surface area contributed by atoms with Crippen LogP contribution in [-0.4, -0.2) is 37.2 Å². The van der Waals surface area contributed by atoms with E-state index in [9.17, 15) is 14.4 Å². The van der Waals surface area contributed by atoms with Crippen LogP contribution < -0.4 is 0 Å². The van der Waals surface area contributed by atoms with Crippen LogP contribution in [-0.2, 0) is 28.6 Å². The lowest BCUT2D eigenvalue weighted by atomic mass is 10.0. The molecule has 362 valence electrons. The quantitative estimate of drug-likeness (QED) is 0.0262. The van der Waals surface area contributed by atoms with E-state index < -0.39 is 6.10 Å². The van der Waals surface area contributed by atoms with E-state index in [1.165, 1.54) is 109 Å². The Morgan fingerprint density at radius 3 is 1.03 bits per heavy atom. The van der Waals surface area contributed by atoms with Crippen molar-refractivity contribution in [3.8, 4) is 0 Å². The standard InChI is InChI=1S/C57H98O6/c1-4-7-10-13-16-18-20-21-22-23-24-25-26-27-28-29-30-31-32-33-34-35-37-38-41-44-47-50-56(59)62-53-54(52-61-55(58)49-46-43-40-15-12-9-6-3)63-57(60)51-48-45-42-39-36-19-17-14-11-8-5-2/h7,10,14,16-18,21-22,24-25,27-28,54H,4-6,8-9,11-13,15,19-20,23,26,29-53H2,1-3H3/b10-7-,17-14-,18-16-,22-21-,25-24-,28-27-. The molecule has 6 heteroatoms. The van der Waals surface area contributed by atoms with Crippen LogP contribution in [0.3, 0.4) is 0 Å². The number of carbonyl (C=O) groups excluding carboxylic acids is 3. The van der Waals surface area contributed by atoms with E-state index in [-0.39, 0.29) is 31.1 Å². The molecule has 0 saturated heterocycles. The average molecular weight is 879 g/mol. The summed E-state index contributed by atoms with van der Waals surface area (Å²) in [5.41, 5.74) is 0. The van der Waals surface area contributed by atoms with Gasteiger partial charge in [0.05, 0.1) is 0 Å². The van der Waals surface area contributed by atoms with Crippen LogP contribution in [0, 0.1) is 0 Å². The van der Waals surface area contributed by atoms with Crippen molar-refractivity contribution < 1.29 is 28.6 Å². The maximum Gasteiger partial charge on any atom is 0.306 e. The second-order valence-corrected chi connectivity index (χ2v) is 17.4. The monoisotopic (exact) mass is 879 g/mol. The van der Waals surface area contributed by atoms with Crippen molar-refractivity contribution in [3.63, 3.8) is 0 Å². The lowest BCUT2D eigenvalue weighted by molar-refractivity contribution is -0.167. The van der Waals surface area contributed by atoms with E-state index >= 15 is 0 Å². The van der Waals surface area contributed by atoms with E-state index in [2.05, 4.69) is 93.7 Å². The van der Waals surface area contributed by atoms with Crippen molar-refractivity contribution in [2.75, 3.05) is 13.2 Å². The van der Waals surface area contributed by atoms with Gasteiger partial charge in [0.15, 0.2) is 6.10 Å². The number of esters is 3. The van der Waals surface area contributed by atoms with Crippen LogP contribution in [0.25, 0.3) is 0 Å². The first kappa shape index (κ1) is 59.9. The Hall–Kier alpha value is -3.15. The molecule has 0 radical (unpaired) electrons. The molecule has 0 heterocycles.